The largest absolute Gasteiger partial charge is 0.310 e. The summed E-state index contributed by atoms with van der Waals surface area (Å²) in [5.41, 5.74) is 0.541. The summed E-state index contributed by atoms with van der Waals surface area (Å²) in [7, 11) is 0. The Morgan fingerprint density at radius 3 is 3.00 bits per heavy atom. The molecule has 96 valence electrons. The van der Waals surface area contributed by atoms with Gasteiger partial charge in [-0.25, -0.2) is 14.1 Å². The number of halogens is 2. The SMILES string of the molecule is CCNCc1ncn(Cc2ccc(Cl)cc2F)n1. The van der Waals surface area contributed by atoms with Crippen LogP contribution >= 0.6 is 11.6 Å². The molecule has 4 nitrogen and oxygen atoms in total. The van der Waals surface area contributed by atoms with Gasteiger partial charge in [0.05, 0.1) is 13.1 Å². The summed E-state index contributed by atoms with van der Waals surface area (Å²) in [5, 5.41) is 7.77. The van der Waals surface area contributed by atoms with Crippen molar-refractivity contribution < 1.29 is 4.39 Å². The molecule has 0 aliphatic carbocycles. The van der Waals surface area contributed by atoms with Gasteiger partial charge in [-0.15, -0.1) is 0 Å². The molecule has 1 aromatic carbocycles. The molecule has 0 bridgehead atoms. The summed E-state index contributed by atoms with van der Waals surface area (Å²) >= 11 is 5.70. The number of nitrogens with one attached hydrogen (secondary N) is 1. The summed E-state index contributed by atoms with van der Waals surface area (Å²) in [4.78, 5) is 4.14. The lowest BCUT2D eigenvalue weighted by molar-refractivity contribution is 0.580. The molecular formula is C12H14ClFN4. The van der Waals surface area contributed by atoms with Crippen LogP contribution in [0.3, 0.4) is 0 Å². The third-order valence-corrected chi connectivity index (χ3v) is 2.70. The Morgan fingerprint density at radius 1 is 1.44 bits per heavy atom. The van der Waals surface area contributed by atoms with E-state index in [0.717, 1.165) is 6.54 Å². The zero-order chi connectivity index (χ0) is 13.0. The maximum Gasteiger partial charge on any atom is 0.164 e. The minimum atomic E-state index is -0.328. The van der Waals surface area contributed by atoms with Crippen LogP contribution in [0.4, 0.5) is 4.39 Å². The molecule has 1 heterocycles. The van der Waals surface area contributed by atoms with Gasteiger partial charge in [0, 0.05) is 10.6 Å². The lowest BCUT2D eigenvalue weighted by Crippen LogP contribution is -2.13. The molecular weight excluding hydrogens is 255 g/mol. The predicted octanol–water partition coefficient (Wildman–Crippen LogP) is 2.23. The topological polar surface area (TPSA) is 42.7 Å². The zero-order valence-corrected chi connectivity index (χ0v) is 10.8. The van der Waals surface area contributed by atoms with Gasteiger partial charge in [-0.05, 0) is 18.7 Å². The van der Waals surface area contributed by atoms with Crippen LogP contribution in [-0.4, -0.2) is 21.3 Å². The van der Waals surface area contributed by atoms with E-state index in [0.29, 0.717) is 29.5 Å². The van der Waals surface area contributed by atoms with Crippen LogP contribution in [0.15, 0.2) is 24.5 Å². The molecule has 1 aromatic heterocycles. The van der Waals surface area contributed by atoms with E-state index in [4.69, 9.17) is 11.6 Å². The quantitative estimate of drug-likeness (QED) is 0.904. The number of aromatic nitrogens is 3. The third-order valence-electron chi connectivity index (χ3n) is 2.46. The number of hydrogen-bond donors (Lipinski definition) is 1. The van der Waals surface area contributed by atoms with Crippen LogP contribution in [0.25, 0.3) is 0 Å². The number of nitrogens with zero attached hydrogens (tertiary/aromatic N) is 3. The Labute approximate surface area is 110 Å². The average molecular weight is 269 g/mol. The summed E-state index contributed by atoms with van der Waals surface area (Å²) < 4.78 is 15.2. The van der Waals surface area contributed by atoms with Crippen molar-refractivity contribution in [2.24, 2.45) is 0 Å². The molecule has 0 saturated heterocycles. The van der Waals surface area contributed by atoms with Gasteiger partial charge in [0.1, 0.15) is 12.1 Å². The predicted molar refractivity (Wildman–Crippen MR) is 67.9 cm³/mol. The first-order valence-electron chi connectivity index (χ1n) is 5.72. The second kappa shape index (κ2) is 5.93. The molecule has 2 rings (SSSR count). The third kappa shape index (κ3) is 3.27. The second-order valence-corrected chi connectivity index (χ2v) is 4.31. The van der Waals surface area contributed by atoms with E-state index < -0.39 is 0 Å². The molecule has 0 atom stereocenters. The van der Waals surface area contributed by atoms with Gasteiger partial charge in [0.2, 0.25) is 0 Å². The van der Waals surface area contributed by atoms with E-state index in [-0.39, 0.29) is 5.82 Å². The van der Waals surface area contributed by atoms with E-state index in [1.807, 2.05) is 6.92 Å². The molecule has 0 unspecified atom stereocenters. The summed E-state index contributed by atoms with van der Waals surface area (Å²) in [6, 6.07) is 4.62. The minimum absolute atomic E-state index is 0.328. The molecule has 18 heavy (non-hydrogen) atoms. The first kappa shape index (κ1) is 13.0. The van der Waals surface area contributed by atoms with Crippen molar-refractivity contribution in [1.82, 2.24) is 20.1 Å². The van der Waals surface area contributed by atoms with Crippen molar-refractivity contribution >= 4 is 11.6 Å². The molecule has 2 aromatic rings. The van der Waals surface area contributed by atoms with Crippen molar-refractivity contribution in [2.45, 2.75) is 20.0 Å². The molecule has 6 heteroatoms. The van der Waals surface area contributed by atoms with Crippen LogP contribution in [0.5, 0.6) is 0 Å². The van der Waals surface area contributed by atoms with E-state index in [2.05, 4.69) is 15.4 Å². The average Bonchev–Trinajstić information content (AvgIpc) is 2.78. The Kier molecular flexibility index (Phi) is 4.28. The Hall–Kier alpha value is -1.46. The van der Waals surface area contributed by atoms with Crippen LogP contribution < -0.4 is 5.32 Å². The van der Waals surface area contributed by atoms with Gasteiger partial charge in [-0.2, -0.15) is 5.10 Å². The van der Waals surface area contributed by atoms with E-state index >= 15 is 0 Å². The van der Waals surface area contributed by atoms with Crippen molar-refractivity contribution in [1.29, 1.82) is 0 Å². The standard InChI is InChI=1S/C12H14ClFN4/c1-2-15-6-12-16-8-18(17-12)7-9-3-4-10(13)5-11(9)14/h3-5,8,15H,2,6-7H2,1H3. The maximum absolute atomic E-state index is 13.6. The van der Waals surface area contributed by atoms with Crippen molar-refractivity contribution in [3.05, 3.63) is 46.8 Å². The van der Waals surface area contributed by atoms with Gasteiger partial charge in [-0.3, -0.25) is 0 Å². The van der Waals surface area contributed by atoms with Gasteiger partial charge in [-0.1, -0.05) is 24.6 Å². The first-order chi connectivity index (χ1) is 8.69. The van der Waals surface area contributed by atoms with Crippen molar-refractivity contribution in [2.75, 3.05) is 6.54 Å². The van der Waals surface area contributed by atoms with Gasteiger partial charge in [0.15, 0.2) is 5.82 Å². The highest BCUT2D eigenvalue weighted by Gasteiger charge is 2.06. The Bertz CT molecular complexity index is 527. The Morgan fingerprint density at radius 2 is 2.28 bits per heavy atom. The van der Waals surface area contributed by atoms with E-state index in [9.17, 15) is 4.39 Å². The highest BCUT2D eigenvalue weighted by atomic mass is 35.5. The molecule has 0 aliphatic rings. The molecule has 0 amide bonds. The fraction of sp³-hybridized carbons (Fsp3) is 0.333. The Balaban J connectivity index is 2.06. The number of rotatable bonds is 5. The normalized spacial score (nSPS) is 10.8. The van der Waals surface area contributed by atoms with Crippen LogP contribution in [0.1, 0.15) is 18.3 Å². The molecule has 0 saturated carbocycles. The highest BCUT2D eigenvalue weighted by molar-refractivity contribution is 6.30. The minimum Gasteiger partial charge on any atom is -0.310 e. The van der Waals surface area contributed by atoms with Gasteiger partial charge < -0.3 is 5.32 Å². The molecule has 0 fully saturated rings. The monoisotopic (exact) mass is 268 g/mol. The molecule has 0 spiro atoms. The number of hydrogen-bond acceptors (Lipinski definition) is 3. The second-order valence-electron chi connectivity index (χ2n) is 3.87. The van der Waals surface area contributed by atoms with Crippen LogP contribution in [0.2, 0.25) is 5.02 Å². The number of benzene rings is 1. The van der Waals surface area contributed by atoms with E-state index in [1.54, 1.807) is 23.1 Å². The van der Waals surface area contributed by atoms with Crippen LogP contribution in [-0.2, 0) is 13.1 Å². The summed E-state index contributed by atoms with van der Waals surface area (Å²) in [6.45, 7) is 3.84. The fourth-order valence-corrected chi connectivity index (χ4v) is 1.71. The van der Waals surface area contributed by atoms with Gasteiger partial charge >= 0.3 is 0 Å². The highest BCUT2D eigenvalue weighted by Crippen LogP contribution is 2.15. The smallest absolute Gasteiger partial charge is 0.164 e. The summed E-state index contributed by atoms with van der Waals surface area (Å²) in [5.74, 6) is 0.373. The maximum atomic E-state index is 13.6. The fourth-order valence-electron chi connectivity index (χ4n) is 1.55. The molecule has 0 radical (unpaired) electrons. The zero-order valence-electron chi connectivity index (χ0n) is 10.0. The van der Waals surface area contributed by atoms with E-state index in [1.165, 1.54) is 6.07 Å². The van der Waals surface area contributed by atoms with Crippen molar-refractivity contribution in [3.8, 4) is 0 Å². The van der Waals surface area contributed by atoms with Gasteiger partial charge in [0.25, 0.3) is 0 Å². The first-order valence-corrected chi connectivity index (χ1v) is 6.10. The lowest BCUT2D eigenvalue weighted by Gasteiger charge is -2.03. The molecule has 1 N–H and O–H groups in total. The van der Waals surface area contributed by atoms with Crippen molar-refractivity contribution in [3.63, 3.8) is 0 Å². The summed E-state index contributed by atoms with van der Waals surface area (Å²) in [6.07, 6.45) is 1.60. The van der Waals surface area contributed by atoms with Crippen LogP contribution in [0, 0.1) is 5.82 Å². The molecule has 0 aliphatic heterocycles. The lowest BCUT2D eigenvalue weighted by atomic mass is 10.2.